The number of carbonyl (C=O) groups is 1. The largest absolute Gasteiger partial charge is 0.289 e. The zero-order valence-corrected chi connectivity index (χ0v) is 13.3. The van der Waals surface area contributed by atoms with Crippen molar-refractivity contribution in [2.75, 3.05) is 12.1 Å². The van der Waals surface area contributed by atoms with Crippen LogP contribution in [0, 0.1) is 13.8 Å². The van der Waals surface area contributed by atoms with Crippen LogP contribution >= 0.6 is 0 Å². The first kappa shape index (κ1) is 15.0. The van der Waals surface area contributed by atoms with Crippen LogP contribution in [0.2, 0.25) is 0 Å². The van der Waals surface area contributed by atoms with Gasteiger partial charge in [-0.15, -0.1) is 0 Å². The lowest BCUT2D eigenvalue weighted by Crippen LogP contribution is -2.40. The Bertz CT molecular complexity index is 842. The van der Waals surface area contributed by atoms with Crippen LogP contribution in [-0.2, 0) is 11.2 Å². The molecule has 3 aromatic rings. The summed E-state index contributed by atoms with van der Waals surface area (Å²) in [6.45, 7) is 3.80. The van der Waals surface area contributed by atoms with Gasteiger partial charge < -0.3 is 0 Å². The second-order valence-electron chi connectivity index (χ2n) is 5.34. The van der Waals surface area contributed by atoms with E-state index < -0.39 is 0 Å². The van der Waals surface area contributed by atoms with Crippen molar-refractivity contribution in [3.63, 3.8) is 0 Å². The van der Waals surface area contributed by atoms with Crippen LogP contribution in [0.1, 0.15) is 17.0 Å². The molecule has 0 unspecified atom stereocenters. The minimum absolute atomic E-state index is 0.108. The fourth-order valence-corrected chi connectivity index (χ4v) is 2.51. The van der Waals surface area contributed by atoms with Gasteiger partial charge in [0.2, 0.25) is 5.91 Å². The number of nitrogens with zero attached hydrogens (tertiary/aromatic N) is 5. The van der Waals surface area contributed by atoms with E-state index in [9.17, 15) is 4.79 Å². The maximum absolute atomic E-state index is 12.3. The highest BCUT2D eigenvalue weighted by atomic mass is 16.2. The Kier molecular flexibility index (Phi) is 3.92. The third kappa shape index (κ3) is 2.98. The first-order valence-electron chi connectivity index (χ1n) is 7.30. The molecule has 0 saturated heterocycles. The predicted molar refractivity (Wildman–Crippen MR) is 86.9 cm³/mol. The number of anilines is 1. The Morgan fingerprint density at radius 1 is 1.26 bits per heavy atom. The Labute approximate surface area is 134 Å². The molecule has 1 aromatic carbocycles. The van der Waals surface area contributed by atoms with Crippen LogP contribution in [0.5, 0.6) is 0 Å². The SMILES string of the molecule is Cc1nc2ncnn2c(C)c1CC(=O)NN(C)c1ccccc1. The number of benzene rings is 1. The van der Waals surface area contributed by atoms with E-state index in [1.807, 2.05) is 51.2 Å². The standard InChI is InChI=1S/C16H18N6O/c1-11-14(12(2)22-16(19-11)17-10-18-22)9-15(23)20-21(3)13-7-5-4-6-8-13/h4-8,10H,9H2,1-3H3,(H,20,23). The number of para-hydroxylation sites is 1. The minimum atomic E-state index is -0.108. The molecule has 0 aliphatic rings. The molecule has 0 spiro atoms. The molecule has 0 saturated carbocycles. The van der Waals surface area contributed by atoms with Gasteiger partial charge in [-0.1, -0.05) is 18.2 Å². The summed E-state index contributed by atoms with van der Waals surface area (Å²) in [6.07, 6.45) is 1.69. The average Bonchev–Trinajstić information content (AvgIpc) is 3.00. The van der Waals surface area contributed by atoms with Gasteiger partial charge in [0.05, 0.1) is 12.1 Å². The summed E-state index contributed by atoms with van der Waals surface area (Å²) in [5, 5.41) is 5.84. The van der Waals surface area contributed by atoms with Gasteiger partial charge >= 0.3 is 0 Å². The predicted octanol–water partition coefficient (Wildman–Crippen LogP) is 1.45. The summed E-state index contributed by atoms with van der Waals surface area (Å²) < 4.78 is 1.65. The molecule has 0 aliphatic heterocycles. The maximum atomic E-state index is 12.3. The normalized spacial score (nSPS) is 10.7. The molecule has 118 valence electrons. The second kappa shape index (κ2) is 6.04. The van der Waals surface area contributed by atoms with E-state index in [1.54, 1.807) is 9.52 Å². The highest BCUT2D eigenvalue weighted by Gasteiger charge is 2.15. The quantitative estimate of drug-likeness (QED) is 0.738. The van der Waals surface area contributed by atoms with Crippen molar-refractivity contribution in [3.05, 3.63) is 53.6 Å². The monoisotopic (exact) mass is 310 g/mol. The molecule has 0 fully saturated rings. The number of hydrogen-bond donors (Lipinski definition) is 1. The number of hydrazine groups is 1. The Morgan fingerprint density at radius 2 is 2.00 bits per heavy atom. The van der Waals surface area contributed by atoms with Gasteiger partial charge in [0.1, 0.15) is 6.33 Å². The van der Waals surface area contributed by atoms with E-state index in [0.29, 0.717) is 5.78 Å². The first-order valence-corrected chi connectivity index (χ1v) is 7.30. The molecule has 0 bridgehead atoms. The highest BCUT2D eigenvalue weighted by molar-refractivity contribution is 5.80. The van der Waals surface area contributed by atoms with Crippen LogP contribution in [0.3, 0.4) is 0 Å². The molecule has 0 radical (unpaired) electrons. The second-order valence-corrected chi connectivity index (χ2v) is 5.34. The lowest BCUT2D eigenvalue weighted by Gasteiger charge is -2.20. The molecule has 0 aliphatic carbocycles. The number of amides is 1. The van der Waals surface area contributed by atoms with Crippen LogP contribution in [0.25, 0.3) is 5.78 Å². The van der Waals surface area contributed by atoms with E-state index in [1.165, 1.54) is 6.33 Å². The number of aromatic nitrogens is 4. The van der Waals surface area contributed by atoms with E-state index in [4.69, 9.17) is 0 Å². The summed E-state index contributed by atoms with van der Waals surface area (Å²) >= 11 is 0. The Morgan fingerprint density at radius 3 is 2.74 bits per heavy atom. The van der Waals surface area contributed by atoms with E-state index in [0.717, 1.165) is 22.6 Å². The van der Waals surface area contributed by atoms with E-state index in [2.05, 4.69) is 20.5 Å². The number of rotatable bonds is 4. The van der Waals surface area contributed by atoms with E-state index in [-0.39, 0.29) is 12.3 Å². The van der Waals surface area contributed by atoms with Crippen molar-refractivity contribution in [1.29, 1.82) is 0 Å². The van der Waals surface area contributed by atoms with E-state index >= 15 is 0 Å². The highest BCUT2D eigenvalue weighted by Crippen LogP contribution is 2.14. The van der Waals surface area contributed by atoms with Gasteiger partial charge in [0.15, 0.2) is 0 Å². The molecule has 2 aromatic heterocycles. The molecule has 1 amide bonds. The average molecular weight is 310 g/mol. The van der Waals surface area contributed by atoms with Crippen LogP contribution in [-0.4, -0.2) is 32.5 Å². The van der Waals surface area contributed by atoms with Gasteiger partial charge in [-0.2, -0.15) is 10.1 Å². The molecule has 1 N–H and O–H groups in total. The van der Waals surface area contributed by atoms with Gasteiger partial charge in [-0.25, -0.2) is 9.50 Å². The van der Waals surface area contributed by atoms with Gasteiger partial charge in [-0.05, 0) is 26.0 Å². The number of carbonyl (C=O) groups excluding carboxylic acids is 1. The molecule has 2 heterocycles. The molecular formula is C16H18N6O. The van der Waals surface area contributed by atoms with Crippen LogP contribution in [0.4, 0.5) is 5.69 Å². The van der Waals surface area contributed by atoms with Crippen LogP contribution < -0.4 is 10.4 Å². The zero-order chi connectivity index (χ0) is 16.4. The topological polar surface area (TPSA) is 75.4 Å². The summed E-state index contributed by atoms with van der Waals surface area (Å²) in [5.74, 6) is 0.439. The van der Waals surface area contributed by atoms with Crippen molar-refractivity contribution < 1.29 is 4.79 Å². The molecule has 3 rings (SSSR count). The lowest BCUT2D eigenvalue weighted by atomic mass is 10.1. The number of fused-ring (bicyclic) bond motifs is 1. The van der Waals surface area contributed by atoms with Crippen molar-refractivity contribution >= 4 is 17.4 Å². The molecule has 0 atom stereocenters. The Hall–Kier alpha value is -2.96. The first-order chi connectivity index (χ1) is 11.1. The summed E-state index contributed by atoms with van der Waals surface area (Å²) in [6, 6.07) is 9.65. The third-order valence-electron chi connectivity index (χ3n) is 3.76. The third-order valence-corrected chi connectivity index (χ3v) is 3.76. The molecular weight excluding hydrogens is 292 g/mol. The lowest BCUT2D eigenvalue weighted by molar-refractivity contribution is -0.120. The van der Waals surface area contributed by atoms with Crippen molar-refractivity contribution in [3.8, 4) is 0 Å². The van der Waals surface area contributed by atoms with Gasteiger partial charge in [0, 0.05) is 24.0 Å². The fraction of sp³-hybridized carbons (Fsp3) is 0.250. The minimum Gasteiger partial charge on any atom is -0.289 e. The zero-order valence-electron chi connectivity index (χ0n) is 13.3. The van der Waals surface area contributed by atoms with Crippen molar-refractivity contribution in [2.45, 2.75) is 20.3 Å². The smallest absolute Gasteiger partial charge is 0.252 e. The Balaban J connectivity index is 1.78. The van der Waals surface area contributed by atoms with Crippen LogP contribution in [0.15, 0.2) is 36.7 Å². The van der Waals surface area contributed by atoms with Gasteiger partial charge in [-0.3, -0.25) is 15.2 Å². The molecule has 23 heavy (non-hydrogen) atoms. The van der Waals surface area contributed by atoms with Crippen molar-refractivity contribution in [2.24, 2.45) is 0 Å². The maximum Gasteiger partial charge on any atom is 0.252 e. The molecule has 7 heteroatoms. The molecule has 7 nitrogen and oxygen atoms in total. The fourth-order valence-electron chi connectivity index (χ4n) is 2.51. The number of aryl methyl sites for hydroxylation is 2. The summed E-state index contributed by atoms with van der Waals surface area (Å²) in [7, 11) is 1.81. The number of nitrogens with one attached hydrogen (secondary N) is 1. The summed E-state index contributed by atoms with van der Waals surface area (Å²) in [5.41, 5.74) is 6.31. The van der Waals surface area contributed by atoms with Crippen molar-refractivity contribution in [1.82, 2.24) is 25.0 Å². The van der Waals surface area contributed by atoms with Gasteiger partial charge in [0.25, 0.3) is 5.78 Å². The summed E-state index contributed by atoms with van der Waals surface area (Å²) in [4.78, 5) is 20.8. The number of hydrogen-bond acceptors (Lipinski definition) is 5.